The van der Waals surface area contributed by atoms with Crippen LogP contribution in [0.1, 0.15) is 31.2 Å². The lowest BCUT2D eigenvalue weighted by molar-refractivity contribution is -0.143. The minimum Gasteiger partial charge on any atom is -0.494 e. The molecule has 134 valence electrons. The molecule has 1 aromatic rings. The van der Waals surface area contributed by atoms with Crippen molar-refractivity contribution in [1.29, 1.82) is 0 Å². The van der Waals surface area contributed by atoms with E-state index in [1.54, 1.807) is 0 Å². The Morgan fingerprint density at radius 1 is 1.33 bits per heavy atom. The van der Waals surface area contributed by atoms with Gasteiger partial charge < -0.3 is 14.7 Å². The molecule has 1 atom stereocenters. The molecule has 1 unspecified atom stereocenters. The van der Waals surface area contributed by atoms with Crippen molar-refractivity contribution in [3.8, 4) is 5.75 Å². The van der Waals surface area contributed by atoms with E-state index in [1.165, 1.54) is 12.1 Å². The number of piperidine rings is 1. The first-order valence-electron chi connectivity index (χ1n) is 8.11. The Bertz CT molecular complexity index is 548. The van der Waals surface area contributed by atoms with Crippen LogP contribution in [0.4, 0.5) is 13.2 Å². The number of carboxylic acids is 1. The lowest BCUT2D eigenvalue weighted by atomic mass is 9.98. The van der Waals surface area contributed by atoms with Crippen LogP contribution in [-0.2, 0) is 11.0 Å². The third-order valence-electron chi connectivity index (χ3n) is 4.15. The predicted octanol–water partition coefficient (Wildman–Crippen LogP) is 3.66. The van der Waals surface area contributed by atoms with Gasteiger partial charge in [-0.1, -0.05) is 6.07 Å². The number of carbonyl (C=O) groups is 1. The molecule has 1 fully saturated rings. The fraction of sp³-hybridized carbons (Fsp3) is 0.588. The van der Waals surface area contributed by atoms with Crippen LogP contribution >= 0.6 is 0 Å². The first-order chi connectivity index (χ1) is 11.4. The van der Waals surface area contributed by atoms with E-state index in [1.807, 2.05) is 0 Å². The number of unbranched alkanes of at least 4 members (excludes halogenated alkanes) is 1. The fourth-order valence-corrected chi connectivity index (χ4v) is 2.85. The third-order valence-corrected chi connectivity index (χ3v) is 4.15. The van der Waals surface area contributed by atoms with Crippen molar-refractivity contribution in [2.75, 3.05) is 26.2 Å². The summed E-state index contributed by atoms with van der Waals surface area (Å²) in [5, 5.41) is 9.04. The zero-order valence-electron chi connectivity index (χ0n) is 13.4. The lowest BCUT2D eigenvalue weighted by Gasteiger charge is -2.30. The van der Waals surface area contributed by atoms with Gasteiger partial charge in [-0.05, 0) is 57.0 Å². The molecule has 0 aromatic heterocycles. The van der Waals surface area contributed by atoms with E-state index in [4.69, 9.17) is 9.84 Å². The molecule has 0 spiro atoms. The number of nitrogens with zero attached hydrogens (tertiary/aromatic N) is 1. The molecule has 0 aliphatic carbocycles. The fourth-order valence-electron chi connectivity index (χ4n) is 2.85. The Kier molecular flexibility index (Phi) is 6.48. The van der Waals surface area contributed by atoms with Crippen LogP contribution in [0.5, 0.6) is 5.75 Å². The number of ether oxygens (including phenoxy) is 1. The summed E-state index contributed by atoms with van der Waals surface area (Å²) in [5.41, 5.74) is -0.715. The Morgan fingerprint density at radius 2 is 2.12 bits per heavy atom. The number of likely N-dealkylation sites (tertiary alicyclic amines) is 1. The van der Waals surface area contributed by atoms with Gasteiger partial charge in [0.2, 0.25) is 0 Å². The van der Waals surface area contributed by atoms with E-state index < -0.39 is 17.7 Å². The summed E-state index contributed by atoms with van der Waals surface area (Å²) in [5.74, 6) is -0.818. The van der Waals surface area contributed by atoms with Crippen LogP contribution in [0.3, 0.4) is 0 Å². The minimum absolute atomic E-state index is 0.216. The summed E-state index contributed by atoms with van der Waals surface area (Å²) in [6.45, 7) is 2.61. The Hall–Kier alpha value is -1.76. The van der Waals surface area contributed by atoms with E-state index in [-0.39, 0.29) is 11.7 Å². The van der Waals surface area contributed by atoms with Crippen molar-refractivity contribution in [3.63, 3.8) is 0 Å². The highest BCUT2D eigenvalue weighted by atomic mass is 19.4. The Morgan fingerprint density at radius 3 is 2.83 bits per heavy atom. The maximum atomic E-state index is 12.6. The second-order valence-corrected chi connectivity index (χ2v) is 6.06. The first-order valence-corrected chi connectivity index (χ1v) is 8.11. The van der Waals surface area contributed by atoms with Crippen molar-refractivity contribution in [3.05, 3.63) is 29.8 Å². The summed E-state index contributed by atoms with van der Waals surface area (Å²) >= 11 is 0. The van der Waals surface area contributed by atoms with Crippen LogP contribution in [0, 0.1) is 5.92 Å². The van der Waals surface area contributed by atoms with Crippen molar-refractivity contribution < 1.29 is 27.8 Å². The van der Waals surface area contributed by atoms with Gasteiger partial charge in [-0.15, -0.1) is 0 Å². The topological polar surface area (TPSA) is 49.8 Å². The van der Waals surface area contributed by atoms with Gasteiger partial charge in [-0.3, -0.25) is 4.79 Å². The second kappa shape index (κ2) is 8.37. The Balaban J connectivity index is 1.67. The van der Waals surface area contributed by atoms with Crippen LogP contribution in [0.25, 0.3) is 0 Å². The first kappa shape index (κ1) is 18.6. The quantitative estimate of drug-likeness (QED) is 0.766. The minimum atomic E-state index is -4.37. The summed E-state index contributed by atoms with van der Waals surface area (Å²) in [6, 6.07) is 4.86. The van der Waals surface area contributed by atoms with E-state index in [2.05, 4.69) is 4.90 Å². The summed E-state index contributed by atoms with van der Waals surface area (Å²) in [4.78, 5) is 13.1. The molecule has 0 radical (unpaired) electrons. The van der Waals surface area contributed by atoms with E-state index in [0.29, 0.717) is 19.6 Å². The van der Waals surface area contributed by atoms with Gasteiger partial charge >= 0.3 is 12.1 Å². The summed E-state index contributed by atoms with van der Waals surface area (Å²) < 4.78 is 43.2. The van der Waals surface area contributed by atoms with E-state index in [0.717, 1.165) is 44.5 Å². The molecule has 24 heavy (non-hydrogen) atoms. The maximum Gasteiger partial charge on any atom is 0.416 e. The number of alkyl halides is 3. The van der Waals surface area contributed by atoms with E-state index >= 15 is 0 Å². The summed E-state index contributed by atoms with van der Waals surface area (Å²) in [6.07, 6.45) is -1.22. The highest BCUT2D eigenvalue weighted by Gasteiger charge is 2.30. The molecule has 7 heteroatoms. The molecule has 1 aliphatic rings. The van der Waals surface area contributed by atoms with Gasteiger partial charge in [0.05, 0.1) is 18.1 Å². The number of hydrogen-bond donors (Lipinski definition) is 1. The van der Waals surface area contributed by atoms with E-state index in [9.17, 15) is 18.0 Å². The normalized spacial score (nSPS) is 19.2. The molecule has 0 bridgehead atoms. The number of carboxylic acid groups (broad SMARTS) is 1. The van der Waals surface area contributed by atoms with Gasteiger partial charge in [-0.25, -0.2) is 0 Å². The number of hydrogen-bond acceptors (Lipinski definition) is 3. The van der Waals surface area contributed by atoms with Gasteiger partial charge in [-0.2, -0.15) is 13.2 Å². The van der Waals surface area contributed by atoms with Crippen molar-refractivity contribution in [2.45, 2.75) is 31.9 Å². The number of aliphatic carboxylic acids is 1. The number of rotatable bonds is 7. The van der Waals surface area contributed by atoms with Crippen molar-refractivity contribution in [2.24, 2.45) is 5.92 Å². The molecule has 1 N–H and O–H groups in total. The molecule has 1 aliphatic heterocycles. The molecular formula is C17H22F3NO3. The maximum absolute atomic E-state index is 12.6. The van der Waals surface area contributed by atoms with Crippen LogP contribution in [0.15, 0.2) is 24.3 Å². The highest BCUT2D eigenvalue weighted by Crippen LogP contribution is 2.31. The van der Waals surface area contributed by atoms with Gasteiger partial charge in [0.1, 0.15) is 5.75 Å². The van der Waals surface area contributed by atoms with Crippen molar-refractivity contribution >= 4 is 5.97 Å². The molecule has 0 saturated carbocycles. The van der Waals surface area contributed by atoms with Crippen LogP contribution in [0.2, 0.25) is 0 Å². The average Bonchev–Trinajstić information content (AvgIpc) is 2.54. The molecule has 1 saturated heterocycles. The third kappa shape index (κ3) is 5.70. The van der Waals surface area contributed by atoms with Gasteiger partial charge in [0.15, 0.2) is 0 Å². The SMILES string of the molecule is O=C(O)C1CCCN(CCCCOc2cccc(C(F)(F)F)c2)C1. The van der Waals surface area contributed by atoms with Gasteiger partial charge in [0.25, 0.3) is 0 Å². The zero-order valence-corrected chi connectivity index (χ0v) is 13.4. The van der Waals surface area contributed by atoms with Gasteiger partial charge in [0, 0.05) is 6.54 Å². The molecule has 0 amide bonds. The molecule has 4 nitrogen and oxygen atoms in total. The Labute approximate surface area is 139 Å². The predicted molar refractivity (Wildman–Crippen MR) is 83.0 cm³/mol. The molecule has 1 aromatic carbocycles. The molecule has 2 rings (SSSR count). The van der Waals surface area contributed by atoms with Crippen molar-refractivity contribution in [1.82, 2.24) is 4.90 Å². The number of benzene rings is 1. The monoisotopic (exact) mass is 345 g/mol. The van der Waals surface area contributed by atoms with Crippen LogP contribution in [-0.4, -0.2) is 42.2 Å². The highest BCUT2D eigenvalue weighted by molar-refractivity contribution is 5.70. The van der Waals surface area contributed by atoms with Crippen LogP contribution < -0.4 is 4.74 Å². The summed E-state index contributed by atoms with van der Waals surface area (Å²) in [7, 11) is 0. The molecular weight excluding hydrogens is 323 g/mol. The second-order valence-electron chi connectivity index (χ2n) is 6.06. The lowest BCUT2D eigenvalue weighted by Crippen LogP contribution is -2.39. The number of halogens is 3. The smallest absolute Gasteiger partial charge is 0.416 e. The average molecular weight is 345 g/mol. The standard InChI is InChI=1S/C17H22F3NO3/c18-17(19,20)14-6-3-7-15(11-14)24-10-2-1-8-21-9-4-5-13(12-21)16(22)23/h3,6-7,11,13H,1-2,4-5,8-10,12H2,(H,22,23). The largest absolute Gasteiger partial charge is 0.494 e. The zero-order chi connectivity index (χ0) is 17.6. The molecule has 1 heterocycles.